The Labute approximate surface area is 189 Å². The molecular formula is C23H36FN3O5. The van der Waals surface area contributed by atoms with Crippen LogP contribution in [0.5, 0.6) is 0 Å². The molecule has 1 aromatic carbocycles. The first-order valence-corrected chi connectivity index (χ1v) is 10.9. The third-order valence-corrected chi connectivity index (χ3v) is 4.63. The predicted molar refractivity (Wildman–Crippen MR) is 121 cm³/mol. The topological polar surface area (TPSA) is 120 Å². The van der Waals surface area contributed by atoms with Crippen molar-refractivity contribution in [3.63, 3.8) is 0 Å². The van der Waals surface area contributed by atoms with E-state index >= 15 is 0 Å². The fourth-order valence-electron chi connectivity index (χ4n) is 3.02. The second-order valence-electron chi connectivity index (χ2n) is 8.64. The van der Waals surface area contributed by atoms with Crippen LogP contribution in [-0.4, -0.2) is 43.3 Å². The molecule has 8 nitrogen and oxygen atoms in total. The lowest BCUT2D eigenvalue weighted by Gasteiger charge is -2.24. The molecule has 0 saturated carbocycles. The van der Waals surface area contributed by atoms with E-state index in [-0.39, 0.29) is 24.8 Å². The van der Waals surface area contributed by atoms with Crippen LogP contribution in [-0.2, 0) is 25.5 Å². The molecule has 0 aliphatic heterocycles. The van der Waals surface area contributed by atoms with Gasteiger partial charge in [0, 0.05) is 25.4 Å². The molecule has 1 aromatic rings. The number of ether oxygens (including phenoxy) is 2. The van der Waals surface area contributed by atoms with E-state index in [2.05, 4.69) is 15.4 Å². The van der Waals surface area contributed by atoms with Crippen molar-refractivity contribution < 1.29 is 28.2 Å². The smallest absolute Gasteiger partial charge is 0.407 e. The van der Waals surface area contributed by atoms with Gasteiger partial charge in [-0.1, -0.05) is 18.6 Å². The number of nitrogens with two attached hydrogens (primary N) is 1. The molecular weight excluding hydrogens is 417 g/mol. The number of aryl methyl sites for hydroxylation is 1. The summed E-state index contributed by atoms with van der Waals surface area (Å²) in [5.41, 5.74) is 5.45. The van der Waals surface area contributed by atoms with Crippen LogP contribution in [0.2, 0.25) is 0 Å². The summed E-state index contributed by atoms with van der Waals surface area (Å²) in [6.45, 7) is 5.45. The lowest BCUT2D eigenvalue weighted by molar-refractivity contribution is -0.140. The molecule has 0 aliphatic rings. The number of benzene rings is 1. The van der Waals surface area contributed by atoms with Crippen LogP contribution in [0.3, 0.4) is 0 Å². The van der Waals surface area contributed by atoms with Crippen LogP contribution >= 0.6 is 0 Å². The maximum absolute atomic E-state index is 14.9. The van der Waals surface area contributed by atoms with Gasteiger partial charge in [0.25, 0.3) is 0 Å². The Balaban J connectivity index is 2.66. The van der Waals surface area contributed by atoms with E-state index in [0.29, 0.717) is 36.9 Å². The highest BCUT2D eigenvalue weighted by Crippen LogP contribution is 2.20. The molecule has 0 aromatic heterocycles. The normalized spacial score (nSPS) is 12.0. The van der Waals surface area contributed by atoms with Crippen molar-refractivity contribution in [3.8, 4) is 0 Å². The summed E-state index contributed by atoms with van der Waals surface area (Å²) in [4.78, 5) is 34.4. The van der Waals surface area contributed by atoms with Crippen LogP contribution in [0.25, 0.3) is 0 Å². The molecule has 1 atom stereocenters. The zero-order chi connectivity index (χ0) is 24.1. The number of unbranched alkanes of at least 4 members (excludes halogenated alkanes) is 2. The van der Waals surface area contributed by atoms with Gasteiger partial charge in [0.2, 0.25) is 5.91 Å². The second kappa shape index (κ2) is 13.5. The lowest BCUT2D eigenvalue weighted by Crippen LogP contribution is -2.43. The number of carbonyl (C=O) groups excluding carboxylic acids is 3. The zero-order valence-electron chi connectivity index (χ0n) is 19.5. The molecule has 4 N–H and O–H groups in total. The third kappa shape index (κ3) is 11.5. The largest absolute Gasteiger partial charge is 0.469 e. The van der Waals surface area contributed by atoms with Crippen LogP contribution in [0, 0.1) is 5.82 Å². The van der Waals surface area contributed by atoms with Crippen molar-refractivity contribution in [2.75, 3.05) is 19.0 Å². The highest BCUT2D eigenvalue weighted by Gasteiger charge is 2.20. The number of methoxy groups -OCH3 is 1. The van der Waals surface area contributed by atoms with Crippen LogP contribution in [0.4, 0.5) is 14.9 Å². The maximum atomic E-state index is 14.9. The number of alkyl carbamates (subject to hydrolysis) is 1. The molecule has 0 radical (unpaired) electrons. The van der Waals surface area contributed by atoms with Gasteiger partial charge in [0.1, 0.15) is 11.4 Å². The fourth-order valence-corrected chi connectivity index (χ4v) is 3.02. The van der Waals surface area contributed by atoms with Crippen molar-refractivity contribution >= 4 is 23.7 Å². The lowest BCUT2D eigenvalue weighted by atomic mass is 10.0. The predicted octanol–water partition coefficient (Wildman–Crippen LogP) is 3.67. The molecule has 0 saturated heterocycles. The highest BCUT2D eigenvalue weighted by atomic mass is 19.1. The van der Waals surface area contributed by atoms with Gasteiger partial charge >= 0.3 is 12.1 Å². The molecule has 0 heterocycles. The van der Waals surface area contributed by atoms with E-state index in [1.165, 1.54) is 7.11 Å². The number of primary amides is 1. The molecule has 0 unspecified atom stereocenters. The first-order valence-electron chi connectivity index (χ1n) is 10.9. The van der Waals surface area contributed by atoms with Crippen LogP contribution in [0.1, 0.15) is 64.9 Å². The molecule has 32 heavy (non-hydrogen) atoms. The summed E-state index contributed by atoms with van der Waals surface area (Å²) >= 11 is 0. The van der Waals surface area contributed by atoms with Crippen molar-refractivity contribution in [2.24, 2.45) is 5.73 Å². The number of hydrogen-bond donors (Lipinski definition) is 3. The number of esters is 1. The first-order chi connectivity index (χ1) is 15.0. The monoisotopic (exact) mass is 453 g/mol. The van der Waals surface area contributed by atoms with Gasteiger partial charge in [0.15, 0.2) is 0 Å². The van der Waals surface area contributed by atoms with E-state index in [4.69, 9.17) is 10.5 Å². The van der Waals surface area contributed by atoms with Gasteiger partial charge in [-0.05, 0) is 58.1 Å². The van der Waals surface area contributed by atoms with Gasteiger partial charge < -0.3 is 25.8 Å². The fraction of sp³-hybridized carbons (Fsp3) is 0.609. The summed E-state index contributed by atoms with van der Waals surface area (Å²) in [6.07, 6.45) is 2.90. The van der Waals surface area contributed by atoms with Crippen molar-refractivity contribution in [3.05, 3.63) is 29.6 Å². The summed E-state index contributed by atoms with van der Waals surface area (Å²) in [7, 11) is 1.36. The van der Waals surface area contributed by atoms with E-state index < -0.39 is 23.6 Å². The van der Waals surface area contributed by atoms with E-state index in [9.17, 15) is 18.8 Å². The summed E-state index contributed by atoms with van der Waals surface area (Å²) < 4.78 is 24.8. The summed E-state index contributed by atoms with van der Waals surface area (Å²) in [5.74, 6) is -1.08. The molecule has 0 aliphatic carbocycles. The van der Waals surface area contributed by atoms with Gasteiger partial charge in [-0.15, -0.1) is 0 Å². The van der Waals surface area contributed by atoms with E-state index in [1.54, 1.807) is 39.0 Å². The maximum Gasteiger partial charge on any atom is 0.407 e. The first kappa shape index (κ1) is 27.2. The minimum atomic E-state index is -0.664. The molecule has 9 heteroatoms. The van der Waals surface area contributed by atoms with Crippen LogP contribution < -0.4 is 16.4 Å². The Morgan fingerprint density at radius 1 is 1.12 bits per heavy atom. The number of rotatable bonds is 13. The second-order valence-corrected chi connectivity index (χ2v) is 8.64. The minimum Gasteiger partial charge on any atom is -0.469 e. The average Bonchev–Trinajstić information content (AvgIpc) is 2.69. The van der Waals surface area contributed by atoms with E-state index in [0.717, 1.165) is 12.8 Å². The summed E-state index contributed by atoms with van der Waals surface area (Å²) in [5, 5.41) is 5.71. The Hall–Kier alpha value is -2.84. The SMILES string of the molecule is COC(=O)CCCCCc1cccc(NC[C@H](CCC(N)=O)NC(=O)OC(C)(C)C)c1F. The quantitative estimate of drug-likeness (QED) is 0.310. The van der Waals surface area contributed by atoms with Gasteiger partial charge in [0.05, 0.1) is 12.8 Å². The molecule has 2 amide bonds. The number of anilines is 1. The standard InChI is InChI=1S/C23H36FN3O5/c1-23(2,3)32-22(30)27-17(13-14-19(25)28)15-26-18-11-8-10-16(21(18)24)9-6-5-7-12-20(29)31-4/h8,10-11,17,26H,5-7,9,12-15H2,1-4H3,(H2,25,28)(H,27,30)/t17-/m0/s1. The third-order valence-electron chi connectivity index (χ3n) is 4.63. The van der Waals surface area contributed by atoms with Crippen LogP contribution in [0.15, 0.2) is 18.2 Å². The number of hydrogen-bond acceptors (Lipinski definition) is 6. The highest BCUT2D eigenvalue weighted by molar-refractivity contribution is 5.74. The number of halogens is 1. The Kier molecular flexibility index (Phi) is 11.5. The molecule has 0 spiro atoms. The molecule has 0 bridgehead atoms. The Morgan fingerprint density at radius 2 is 1.84 bits per heavy atom. The van der Waals surface area contributed by atoms with Crippen molar-refractivity contribution in [1.82, 2.24) is 5.32 Å². The average molecular weight is 454 g/mol. The van der Waals surface area contributed by atoms with E-state index in [1.807, 2.05) is 0 Å². The zero-order valence-corrected chi connectivity index (χ0v) is 19.5. The van der Waals surface area contributed by atoms with Gasteiger partial charge in [-0.25, -0.2) is 9.18 Å². The molecule has 180 valence electrons. The minimum absolute atomic E-state index is 0.0796. The van der Waals surface area contributed by atoms with Crippen molar-refractivity contribution in [1.29, 1.82) is 0 Å². The number of carbonyl (C=O) groups is 3. The number of nitrogens with one attached hydrogen (secondary N) is 2. The van der Waals surface area contributed by atoms with Gasteiger partial charge in [-0.2, -0.15) is 0 Å². The molecule has 1 rings (SSSR count). The Bertz CT molecular complexity index is 764. The number of amides is 2. The Morgan fingerprint density at radius 3 is 2.47 bits per heavy atom. The molecule has 0 fully saturated rings. The van der Waals surface area contributed by atoms with Gasteiger partial charge in [-0.3, -0.25) is 9.59 Å². The summed E-state index contributed by atoms with van der Waals surface area (Å²) in [6, 6.07) is 4.63. The van der Waals surface area contributed by atoms with Crippen molar-refractivity contribution in [2.45, 2.75) is 77.4 Å².